The zero-order valence-corrected chi connectivity index (χ0v) is 18.5. The summed E-state index contributed by atoms with van der Waals surface area (Å²) in [4.78, 5) is 18.2. The molecule has 148 valence electrons. The van der Waals surface area contributed by atoms with Crippen molar-refractivity contribution in [1.29, 1.82) is 0 Å². The Morgan fingerprint density at radius 1 is 1.10 bits per heavy atom. The summed E-state index contributed by atoms with van der Waals surface area (Å²) in [5.74, 6) is 0.767. The molecule has 0 radical (unpaired) electrons. The third-order valence-electron chi connectivity index (χ3n) is 4.88. The van der Waals surface area contributed by atoms with Crippen molar-refractivity contribution < 1.29 is 4.74 Å². The molecule has 0 atom stereocenters. The number of halogens is 1. The van der Waals surface area contributed by atoms with Gasteiger partial charge < -0.3 is 4.74 Å². The van der Waals surface area contributed by atoms with E-state index in [0.29, 0.717) is 16.1 Å². The van der Waals surface area contributed by atoms with Gasteiger partial charge in [0.1, 0.15) is 12.4 Å². The monoisotopic (exact) mass is 476 g/mol. The van der Waals surface area contributed by atoms with Crippen molar-refractivity contribution in [3.8, 4) is 5.75 Å². The molecule has 0 fully saturated rings. The van der Waals surface area contributed by atoms with E-state index in [4.69, 9.17) is 4.74 Å². The first-order valence-corrected chi connectivity index (χ1v) is 11.1. The zero-order valence-electron chi connectivity index (χ0n) is 16.1. The predicted octanol–water partition coefficient (Wildman–Crippen LogP) is 5.11. The number of hydrogen-bond donors (Lipinski definition) is 0. The molecular weight excluding hydrogens is 460 g/mol. The molecule has 0 N–H and O–H groups in total. The summed E-state index contributed by atoms with van der Waals surface area (Å²) in [5.41, 5.74) is 4.90. The number of aromatic nitrogens is 2. The van der Waals surface area contributed by atoms with Crippen LogP contribution in [0.25, 0.3) is 22.1 Å². The summed E-state index contributed by atoms with van der Waals surface area (Å²) >= 11 is 4.99. The van der Waals surface area contributed by atoms with E-state index in [9.17, 15) is 4.79 Å². The molecule has 0 bridgehead atoms. The second kappa shape index (κ2) is 7.70. The SMILES string of the molecule is Cc1cccc(COc2ccc(/C=c3\sc4nc5ccccc5n4c3=O)cc2Br)c1. The Labute approximate surface area is 185 Å². The minimum absolute atomic E-state index is 0.0420. The Morgan fingerprint density at radius 2 is 1.97 bits per heavy atom. The van der Waals surface area contributed by atoms with Crippen molar-refractivity contribution in [1.82, 2.24) is 9.38 Å². The van der Waals surface area contributed by atoms with Gasteiger partial charge in [0.15, 0.2) is 4.96 Å². The topological polar surface area (TPSA) is 43.6 Å². The molecule has 0 unspecified atom stereocenters. The maximum atomic E-state index is 12.9. The summed E-state index contributed by atoms with van der Waals surface area (Å²) in [6.45, 7) is 2.57. The normalized spacial score (nSPS) is 12.1. The van der Waals surface area contributed by atoms with Gasteiger partial charge in [-0.05, 0) is 64.3 Å². The van der Waals surface area contributed by atoms with Crippen LogP contribution in [0.1, 0.15) is 16.7 Å². The molecule has 5 rings (SSSR count). The Morgan fingerprint density at radius 3 is 2.80 bits per heavy atom. The van der Waals surface area contributed by atoms with E-state index < -0.39 is 0 Å². The molecule has 5 aromatic rings. The Balaban J connectivity index is 1.45. The first-order valence-electron chi connectivity index (χ1n) is 9.48. The molecule has 4 nitrogen and oxygen atoms in total. The number of benzene rings is 3. The number of fused-ring (bicyclic) bond motifs is 3. The van der Waals surface area contributed by atoms with Crippen LogP contribution in [0.15, 0.2) is 76.0 Å². The average molecular weight is 477 g/mol. The largest absolute Gasteiger partial charge is 0.488 e. The average Bonchev–Trinajstić information content (AvgIpc) is 3.24. The minimum Gasteiger partial charge on any atom is -0.488 e. The highest BCUT2D eigenvalue weighted by Crippen LogP contribution is 2.27. The lowest BCUT2D eigenvalue weighted by Gasteiger charge is -2.09. The number of para-hydroxylation sites is 2. The number of nitrogens with zero attached hydrogens (tertiary/aromatic N) is 2. The Bertz CT molecular complexity index is 1500. The first kappa shape index (κ1) is 19.0. The van der Waals surface area contributed by atoms with Crippen LogP contribution in [0.4, 0.5) is 0 Å². The van der Waals surface area contributed by atoms with E-state index in [1.807, 2.05) is 54.6 Å². The van der Waals surface area contributed by atoms with Crippen LogP contribution in [0, 0.1) is 6.92 Å². The molecule has 0 spiro atoms. The summed E-state index contributed by atoms with van der Waals surface area (Å²) in [6.07, 6.45) is 1.89. The van der Waals surface area contributed by atoms with Gasteiger partial charge >= 0.3 is 0 Å². The Kier molecular flexibility index (Phi) is 4.89. The van der Waals surface area contributed by atoms with Crippen molar-refractivity contribution in [2.75, 3.05) is 0 Å². The number of rotatable bonds is 4. The maximum absolute atomic E-state index is 12.9. The van der Waals surface area contributed by atoms with Crippen molar-refractivity contribution in [2.24, 2.45) is 0 Å². The van der Waals surface area contributed by atoms with E-state index in [2.05, 4.69) is 46.0 Å². The van der Waals surface area contributed by atoms with Crippen molar-refractivity contribution in [3.05, 3.63) is 103 Å². The molecule has 0 saturated heterocycles. The minimum atomic E-state index is -0.0420. The quantitative estimate of drug-likeness (QED) is 0.362. The highest BCUT2D eigenvalue weighted by Gasteiger charge is 2.11. The van der Waals surface area contributed by atoms with Gasteiger partial charge in [0.05, 0.1) is 20.0 Å². The molecule has 0 amide bonds. The molecule has 2 aromatic heterocycles. The number of ether oxygens (including phenoxy) is 1. The molecule has 0 saturated carbocycles. The van der Waals surface area contributed by atoms with Gasteiger partial charge in [0, 0.05) is 0 Å². The van der Waals surface area contributed by atoms with Crippen molar-refractivity contribution in [3.63, 3.8) is 0 Å². The van der Waals surface area contributed by atoms with Crippen LogP contribution < -0.4 is 14.8 Å². The highest BCUT2D eigenvalue weighted by molar-refractivity contribution is 9.10. The fraction of sp³-hybridized carbons (Fsp3) is 0.0833. The number of thiazole rings is 1. The van der Waals surface area contributed by atoms with E-state index in [0.717, 1.165) is 32.4 Å². The standard InChI is InChI=1S/C24H17BrN2O2S/c1-15-5-4-6-17(11-15)14-29-21-10-9-16(12-18(21)25)13-22-23(28)27-20-8-3-2-7-19(20)26-24(27)30-22/h2-13H,14H2,1H3/b22-13-. The third kappa shape index (κ3) is 3.53. The van der Waals surface area contributed by atoms with Crippen LogP contribution in [-0.2, 0) is 6.61 Å². The van der Waals surface area contributed by atoms with Gasteiger partial charge in [-0.3, -0.25) is 4.79 Å². The van der Waals surface area contributed by atoms with Gasteiger partial charge in [-0.15, -0.1) is 0 Å². The zero-order chi connectivity index (χ0) is 20.7. The van der Waals surface area contributed by atoms with Crippen LogP contribution in [0.5, 0.6) is 5.75 Å². The maximum Gasteiger partial charge on any atom is 0.274 e. The molecule has 0 aliphatic rings. The van der Waals surface area contributed by atoms with Gasteiger partial charge in [-0.25, -0.2) is 9.38 Å². The van der Waals surface area contributed by atoms with Crippen molar-refractivity contribution >= 4 is 49.3 Å². The number of imidazole rings is 1. The van der Waals surface area contributed by atoms with E-state index in [-0.39, 0.29) is 5.56 Å². The lowest BCUT2D eigenvalue weighted by molar-refractivity contribution is 0.304. The number of aryl methyl sites for hydroxylation is 1. The first-order chi connectivity index (χ1) is 14.6. The number of hydrogen-bond acceptors (Lipinski definition) is 4. The molecular formula is C24H17BrN2O2S. The van der Waals surface area contributed by atoms with E-state index in [1.54, 1.807) is 4.40 Å². The lowest BCUT2D eigenvalue weighted by atomic mass is 10.1. The third-order valence-corrected chi connectivity index (χ3v) is 6.46. The van der Waals surface area contributed by atoms with E-state index >= 15 is 0 Å². The lowest BCUT2D eigenvalue weighted by Crippen LogP contribution is -2.22. The summed E-state index contributed by atoms with van der Waals surface area (Å²) < 4.78 is 9.14. The van der Waals surface area contributed by atoms with Crippen LogP contribution in [0.3, 0.4) is 0 Å². The predicted molar refractivity (Wildman–Crippen MR) is 125 cm³/mol. The van der Waals surface area contributed by atoms with Crippen molar-refractivity contribution in [2.45, 2.75) is 13.5 Å². The van der Waals surface area contributed by atoms with Gasteiger partial charge in [-0.1, -0.05) is 59.4 Å². The highest BCUT2D eigenvalue weighted by atomic mass is 79.9. The summed E-state index contributed by atoms with van der Waals surface area (Å²) in [7, 11) is 0. The molecule has 30 heavy (non-hydrogen) atoms. The van der Waals surface area contributed by atoms with Gasteiger partial charge in [0.25, 0.3) is 5.56 Å². The smallest absolute Gasteiger partial charge is 0.274 e. The summed E-state index contributed by atoms with van der Waals surface area (Å²) in [5, 5.41) is 0. The van der Waals surface area contributed by atoms with E-state index in [1.165, 1.54) is 16.9 Å². The van der Waals surface area contributed by atoms with Gasteiger partial charge in [-0.2, -0.15) is 0 Å². The van der Waals surface area contributed by atoms with Crippen LogP contribution in [0.2, 0.25) is 0 Å². The molecule has 0 aliphatic carbocycles. The van der Waals surface area contributed by atoms with Crippen LogP contribution >= 0.6 is 27.3 Å². The second-order valence-electron chi connectivity index (χ2n) is 7.10. The summed E-state index contributed by atoms with van der Waals surface area (Å²) in [6, 6.07) is 21.8. The second-order valence-corrected chi connectivity index (χ2v) is 8.97. The Hall–Kier alpha value is -2.96. The fourth-order valence-corrected chi connectivity index (χ4v) is 4.95. The molecule has 0 aliphatic heterocycles. The molecule has 3 aromatic carbocycles. The fourth-order valence-electron chi connectivity index (χ4n) is 3.45. The molecule has 2 heterocycles. The molecule has 6 heteroatoms. The van der Waals surface area contributed by atoms with Gasteiger partial charge in [0.2, 0.25) is 0 Å². The van der Waals surface area contributed by atoms with Crippen LogP contribution in [-0.4, -0.2) is 9.38 Å².